The normalized spacial score (nSPS) is 14.4. The van der Waals surface area contributed by atoms with Crippen molar-refractivity contribution in [1.82, 2.24) is 0 Å². The largest absolute Gasteiger partial charge is 0.496 e. The van der Waals surface area contributed by atoms with E-state index >= 15 is 0 Å². The van der Waals surface area contributed by atoms with Gasteiger partial charge in [-0.2, -0.15) is 0 Å². The van der Waals surface area contributed by atoms with Gasteiger partial charge < -0.3 is 9.84 Å². The molecule has 0 aliphatic carbocycles. The van der Waals surface area contributed by atoms with Gasteiger partial charge in [-0.3, -0.25) is 0 Å². The number of ether oxygens (including phenoxy) is 1. The fraction of sp³-hybridized carbons (Fsp3) is 0.857. The molecule has 0 aromatic rings. The van der Waals surface area contributed by atoms with E-state index < -0.39 is 6.10 Å². The van der Waals surface area contributed by atoms with Crippen molar-refractivity contribution in [2.24, 2.45) is 0 Å². The molecule has 0 heterocycles. The molecular formula is C14H28O2. The summed E-state index contributed by atoms with van der Waals surface area (Å²) in [5, 5.41) is 9.44. The first-order chi connectivity index (χ1) is 7.72. The van der Waals surface area contributed by atoms with Crippen LogP contribution in [0.3, 0.4) is 0 Å². The van der Waals surface area contributed by atoms with Gasteiger partial charge in [0, 0.05) is 0 Å². The highest BCUT2D eigenvalue weighted by molar-refractivity contribution is 4.68. The van der Waals surface area contributed by atoms with Crippen LogP contribution in [0.15, 0.2) is 12.8 Å². The lowest BCUT2D eigenvalue weighted by Crippen LogP contribution is -2.24. The minimum atomic E-state index is -0.405. The third kappa shape index (κ3) is 8.78. The first-order valence-electron chi connectivity index (χ1n) is 6.66. The summed E-state index contributed by atoms with van der Waals surface area (Å²) in [6, 6.07) is 0. The van der Waals surface area contributed by atoms with Crippen molar-refractivity contribution in [3.05, 3.63) is 12.8 Å². The van der Waals surface area contributed by atoms with Gasteiger partial charge in [0.05, 0.1) is 12.4 Å². The van der Waals surface area contributed by atoms with Crippen molar-refractivity contribution in [3.8, 4) is 0 Å². The number of hydrogen-bond acceptors (Lipinski definition) is 2. The Morgan fingerprint density at radius 2 is 1.69 bits per heavy atom. The molecule has 0 aliphatic rings. The molecule has 16 heavy (non-hydrogen) atoms. The number of unbranched alkanes of at least 4 members (excludes halogenated alkanes) is 6. The lowest BCUT2D eigenvalue weighted by Gasteiger charge is -2.19. The molecule has 0 saturated carbocycles. The molecule has 2 heteroatoms. The van der Waals surface area contributed by atoms with Gasteiger partial charge in [-0.25, -0.2) is 0 Å². The van der Waals surface area contributed by atoms with Crippen molar-refractivity contribution in [1.29, 1.82) is 0 Å². The van der Waals surface area contributed by atoms with Crippen LogP contribution in [0.25, 0.3) is 0 Å². The molecule has 96 valence electrons. The molecule has 0 aliphatic heterocycles. The molecule has 2 nitrogen and oxygen atoms in total. The highest BCUT2D eigenvalue weighted by Crippen LogP contribution is 2.13. The van der Waals surface area contributed by atoms with Crippen LogP contribution < -0.4 is 0 Å². The lowest BCUT2D eigenvalue weighted by atomic mass is 10.0. The number of aliphatic hydroxyl groups is 1. The molecule has 0 fully saturated rings. The molecule has 0 rings (SSSR count). The van der Waals surface area contributed by atoms with Gasteiger partial charge in [0.2, 0.25) is 0 Å². The summed E-state index contributed by atoms with van der Waals surface area (Å²) < 4.78 is 5.26. The summed E-state index contributed by atoms with van der Waals surface area (Å²) in [5.74, 6) is 0. The highest BCUT2D eigenvalue weighted by Gasteiger charge is 2.13. The Morgan fingerprint density at radius 3 is 2.19 bits per heavy atom. The molecular weight excluding hydrogens is 200 g/mol. The second-order valence-electron chi connectivity index (χ2n) is 4.49. The average molecular weight is 228 g/mol. The number of aliphatic hydroxyl groups excluding tert-OH is 1. The maximum atomic E-state index is 9.44. The standard InChI is InChI=1S/C14H28O2/c1-4-6-7-8-9-10-11-12-14(13(3)15)16-5-2/h5,13-15H,2,4,6-12H2,1,3H3. The SMILES string of the molecule is C=COC(CCCCCCCCC)C(C)O. The van der Waals surface area contributed by atoms with E-state index in [1.54, 1.807) is 6.92 Å². The Labute approximate surface area is 101 Å². The maximum absolute atomic E-state index is 9.44. The monoisotopic (exact) mass is 228 g/mol. The third-order valence-corrected chi connectivity index (χ3v) is 2.90. The van der Waals surface area contributed by atoms with Gasteiger partial charge in [0.25, 0.3) is 0 Å². The molecule has 2 atom stereocenters. The van der Waals surface area contributed by atoms with Crippen LogP contribution in [0.4, 0.5) is 0 Å². The van der Waals surface area contributed by atoms with Gasteiger partial charge in [-0.15, -0.1) is 0 Å². The average Bonchev–Trinajstić information content (AvgIpc) is 2.26. The third-order valence-electron chi connectivity index (χ3n) is 2.90. The van der Waals surface area contributed by atoms with Crippen LogP contribution >= 0.6 is 0 Å². The van der Waals surface area contributed by atoms with E-state index in [9.17, 15) is 5.11 Å². The quantitative estimate of drug-likeness (QED) is 0.427. The molecule has 0 radical (unpaired) electrons. The van der Waals surface area contributed by atoms with E-state index in [0.717, 1.165) is 12.8 Å². The summed E-state index contributed by atoms with van der Waals surface area (Å²) >= 11 is 0. The van der Waals surface area contributed by atoms with Gasteiger partial charge in [0.15, 0.2) is 0 Å². The van der Waals surface area contributed by atoms with Crippen LogP contribution in [0.5, 0.6) is 0 Å². The summed E-state index contributed by atoms with van der Waals surface area (Å²) in [4.78, 5) is 0. The van der Waals surface area contributed by atoms with E-state index in [4.69, 9.17) is 4.74 Å². The Morgan fingerprint density at radius 1 is 1.12 bits per heavy atom. The zero-order valence-electron chi connectivity index (χ0n) is 11.0. The Bertz CT molecular complexity index is 155. The second-order valence-corrected chi connectivity index (χ2v) is 4.49. The smallest absolute Gasteiger partial charge is 0.123 e. The number of rotatable bonds is 11. The summed E-state index contributed by atoms with van der Waals surface area (Å²) in [6.07, 6.45) is 10.9. The van der Waals surface area contributed by atoms with Gasteiger partial charge >= 0.3 is 0 Å². The molecule has 2 unspecified atom stereocenters. The van der Waals surface area contributed by atoms with Crippen molar-refractivity contribution < 1.29 is 9.84 Å². The van der Waals surface area contributed by atoms with Crippen LogP contribution in [0.2, 0.25) is 0 Å². The zero-order chi connectivity index (χ0) is 12.2. The number of hydrogen-bond donors (Lipinski definition) is 1. The van der Waals surface area contributed by atoms with Gasteiger partial charge in [0.1, 0.15) is 6.10 Å². The fourth-order valence-electron chi connectivity index (χ4n) is 1.85. The Hall–Kier alpha value is -0.500. The van der Waals surface area contributed by atoms with Gasteiger partial charge in [-0.05, 0) is 19.8 Å². The minimum absolute atomic E-state index is 0.0758. The molecule has 0 spiro atoms. The minimum Gasteiger partial charge on any atom is -0.496 e. The topological polar surface area (TPSA) is 29.5 Å². The van der Waals surface area contributed by atoms with Crippen LogP contribution in [-0.4, -0.2) is 17.3 Å². The lowest BCUT2D eigenvalue weighted by molar-refractivity contribution is 0.0137. The predicted molar refractivity (Wildman–Crippen MR) is 69.4 cm³/mol. The van der Waals surface area contributed by atoms with Crippen LogP contribution in [0, 0.1) is 0 Å². The van der Waals surface area contributed by atoms with Crippen molar-refractivity contribution >= 4 is 0 Å². The maximum Gasteiger partial charge on any atom is 0.123 e. The van der Waals surface area contributed by atoms with Crippen molar-refractivity contribution in [3.63, 3.8) is 0 Å². The molecule has 0 aromatic carbocycles. The molecule has 0 saturated heterocycles. The van der Waals surface area contributed by atoms with E-state index in [2.05, 4.69) is 13.5 Å². The summed E-state index contributed by atoms with van der Waals surface area (Å²) in [5.41, 5.74) is 0. The van der Waals surface area contributed by atoms with Crippen molar-refractivity contribution in [2.75, 3.05) is 0 Å². The Kier molecular flexibility index (Phi) is 10.7. The van der Waals surface area contributed by atoms with E-state index in [-0.39, 0.29) is 6.10 Å². The zero-order valence-corrected chi connectivity index (χ0v) is 11.0. The van der Waals surface area contributed by atoms with Crippen molar-refractivity contribution in [2.45, 2.75) is 77.4 Å². The van der Waals surface area contributed by atoms with E-state index in [1.165, 1.54) is 44.8 Å². The first kappa shape index (κ1) is 15.5. The molecule has 0 amide bonds. The molecule has 0 bridgehead atoms. The predicted octanol–water partition coefficient (Wildman–Crippen LogP) is 4.04. The van der Waals surface area contributed by atoms with Gasteiger partial charge in [-0.1, -0.05) is 52.0 Å². The first-order valence-corrected chi connectivity index (χ1v) is 6.66. The summed E-state index contributed by atoms with van der Waals surface area (Å²) in [6.45, 7) is 7.54. The molecule has 1 N–H and O–H groups in total. The van der Waals surface area contributed by atoms with E-state index in [1.807, 2.05) is 0 Å². The van der Waals surface area contributed by atoms with E-state index in [0.29, 0.717) is 0 Å². The summed E-state index contributed by atoms with van der Waals surface area (Å²) in [7, 11) is 0. The molecule has 0 aromatic heterocycles. The fourth-order valence-corrected chi connectivity index (χ4v) is 1.85. The highest BCUT2D eigenvalue weighted by atomic mass is 16.5. The van der Waals surface area contributed by atoms with Crippen LogP contribution in [-0.2, 0) is 4.74 Å². The van der Waals surface area contributed by atoms with Crippen LogP contribution in [0.1, 0.15) is 65.2 Å². The Balaban J connectivity index is 3.36. The second kappa shape index (κ2) is 11.0.